The SMILES string of the molecule is CN=C(Nc1cc2c(F)cccc2cn1)O[C@H]1CN2CCC1CC2. The number of halogens is 1. The lowest BCUT2D eigenvalue weighted by Gasteiger charge is -2.44. The molecule has 0 aliphatic carbocycles. The Morgan fingerprint density at radius 3 is 2.92 bits per heavy atom. The summed E-state index contributed by atoms with van der Waals surface area (Å²) in [6.07, 6.45) is 4.18. The number of nitrogens with one attached hydrogen (secondary N) is 1. The highest BCUT2D eigenvalue weighted by molar-refractivity contribution is 5.91. The van der Waals surface area contributed by atoms with E-state index < -0.39 is 0 Å². The summed E-state index contributed by atoms with van der Waals surface area (Å²) in [5.41, 5.74) is 0. The van der Waals surface area contributed by atoms with Gasteiger partial charge in [-0.25, -0.2) is 14.4 Å². The third-order valence-corrected chi connectivity index (χ3v) is 5.01. The lowest BCUT2D eigenvalue weighted by molar-refractivity contribution is -0.0146. The van der Waals surface area contributed by atoms with Crippen LogP contribution in [0.1, 0.15) is 12.8 Å². The highest BCUT2D eigenvalue weighted by Crippen LogP contribution is 2.29. The third-order valence-electron chi connectivity index (χ3n) is 5.01. The average molecular weight is 328 g/mol. The summed E-state index contributed by atoms with van der Waals surface area (Å²) in [6.45, 7) is 3.29. The van der Waals surface area contributed by atoms with Crippen LogP contribution < -0.4 is 5.32 Å². The van der Waals surface area contributed by atoms with Crippen LogP contribution in [0.25, 0.3) is 10.8 Å². The molecule has 24 heavy (non-hydrogen) atoms. The zero-order valence-corrected chi connectivity index (χ0v) is 13.7. The molecule has 2 bridgehead atoms. The monoisotopic (exact) mass is 328 g/mol. The largest absolute Gasteiger partial charge is 0.460 e. The summed E-state index contributed by atoms with van der Waals surface area (Å²) in [5.74, 6) is 0.872. The topological polar surface area (TPSA) is 49.8 Å². The molecule has 0 amide bonds. The Morgan fingerprint density at radius 1 is 1.38 bits per heavy atom. The number of ether oxygens (including phenoxy) is 1. The van der Waals surface area contributed by atoms with Gasteiger partial charge in [0.05, 0.1) is 0 Å². The van der Waals surface area contributed by atoms with Crippen molar-refractivity contribution in [1.29, 1.82) is 0 Å². The summed E-state index contributed by atoms with van der Waals surface area (Å²) < 4.78 is 20.0. The summed E-state index contributed by atoms with van der Waals surface area (Å²) in [5, 5.41) is 4.39. The maximum absolute atomic E-state index is 13.9. The number of fused-ring (bicyclic) bond motifs is 4. The van der Waals surface area contributed by atoms with Crippen molar-refractivity contribution in [3.63, 3.8) is 0 Å². The number of aliphatic imine (C=N–C) groups is 1. The number of pyridine rings is 1. The number of piperidine rings is 3. The molecule has 1 aromatic carbocycles. The van der Waals surface area contributed by atoms with Crippen LogP contribution in [0, 0.1) is 11.7 Å². The highest BCUT2D eigenvalue weighted by Gasteiger charge is 2.36. The fourth-order valence-electron chi connectivity index (χ4n) is 3.64. The summed E-state index contributed by atoms with van der Waals surface area (Å²) >= 11 is 0. The second-order valence-corrected chi connectivity index (χ2v) is 6.48. The first-order valence-electron chi connectivity index (χ1n) is 8.40. The lowest BCUT2D eigenvalue weighted by Crippen LogP contribution is -2.52. The molecule has 3 saturated heterocycles. The van der Waals surface area contributed by atoms with Gasteiger partial charge in [0.2, 0.25) is 0 Å². The quantitative estimate of drug-likeness (QED) is 0.680. The van der Waals surface area contributed by atoms with Crippen LogP contribution in [0.2, 0.25) is 0 Å². The molecule has 5 nitrogen and oxygen atoms in total. The zero-order valence-electron chi connectivity index (χ0n) is 13.7. The van der Waals surface area contributed by atoms with Gasteiger partial charge in [0.15, 0.2) is 0 Å². The molecule has 1 atom stereocenters. The highest BCUT2D eigenvalue weighted by atomic mass is 19.1. The number of rotatable bonds is 2. The molecule has 6 heteroatoms. The van der Waals surface area contributed by atoms with Crippen LogP contribution in [0.4, 0.5) is 10.2 Å². The lowest BCUT2D eigenvalue weighted by atomic mass is 9.86. The standard InChI is InChI=1S/C18H21FN4O/c1-20-18(24-16-11-23-7-5-12(16)6-8-23)22-17-9-14-13(10-21-17)3-2-4-15(14)19/h2-4,9-10,12,16H,5-8,11H2,1H3,(H,20,21,22)/t16-/m0/s1. The van der Waals surface area contributed by atoms with E-state index in [1.165, 1.54) is 32.0 Å². The molecule has 3 aliphatic rings. The van der Waals surface area contributed by atoms with Gasteiger partial charge < -0.3 is 4.74 Å². The van der Waals surface area contributed by atoms with Gasteiger partial charge in [0, 0.05) is 30.6 Å². The Morgan fingerprint density at radius 2 is 2.21 bits per heavy atom. The number of aromatic nitrogens is 1. The first kappa shape index (κ1) is 15.3. The van der Waals surface area contributed by atoms with E-state index in [-0.39, 0.29) is 11.9 Å². The molecular weight excluding hydrogens is 307 g/mol. The molecule has 0 unspecified atom stereocenters. The van der Waals surface area contributed by atoms with Crippen molar-refractivity contribution in [3.05, 3.63) is 36.3 Å². The average Bonchev–Trinajstić information content (AvgIpc) is 2.63. The van der Waals surface area contributed by atoms with Crippen molar-refractivity contribution in [3.8, 4) is 0 Å². The number of benzene rings is 1. The van der Waals surface area contributed by atoms with E-state index >= 15 is 0 Å². The molecular formula is C18H21FN4O. The molecule has 0 radical (unpaired) electrons. The normalized spacial score (nSPS) is 26.6. The van der Waals surface area contributed by atoms with E-state index in [1.807, 2.05) is 6.07 Å². The molecule has 0 spiro atoms. The van der Waals surface area contributed by atoms with E-state index in [9.17, 15) is 4.39 Å². The van der Waals surface area contributed by atoms with Crippen LogP contribution in [0.5, 0.6) is 0 Å². The van der Waals surface area contributed by atoms with E-state index in [1.54, 1.807) is 25.4 Å². The number of hydrogen-bond acceptors (Lipinski definition) is 4. The maximum atomic E-state index is 13.9. The van der Waals surface area contributed by atoms with Crippen molar-refractivity contribution in [2.24, 2.45) is 10.9 Å². The third kappa shape index (κ3) is 2.94. The predicted molar refractivity (Wildman–Crippen MR) is 92.7 cm³/mol. The van der Waals surface area contributed by atoms with Gasteiger partial charge in [-0.15, -0.1) is 0 Å². The summed E-state index contributed by atoms with van der Waals surface area (Å²) in [7, 11) is 1.69. The van der Waals surface area contributed by atoms with Crippen LogP contribution in [-0.2, 0) is 4.74 Å². The van der Waals surface area contributed by atoms with Crippen molar-refractivity contribution in [2.75, 3.05) is 32.0 Å². The first-order chi connectivity index (χ1) is 11.7. The molecule has 3 aliphatic heterocycles. The molecule has 1 aromatic heterocycles. The molecule has 2 aromatic rings. The minimum Gasteiger partial charge on any atom is -0.460 e. The minimum absolute atomic E-state index is 0.163. The second kappa shape index (κ2) is 6.36. The van der Waals surface area contributed by atoms with Gasteiger partial charge >= 0.3 is 0 Å². The number of amidine groups is 1. The Balaban J connectivity index is 1.50. The van der Waals surface area contributed by atoms with Crippen LogP contribution in [0.3, 0.4) is 0 Å². The molecule has 0 saturated carbocycles. The first-order valence-corrected chi connectivity index (χ1v) is 8.40. The fraction of sp³-hybridized carbons (Fsp3) is 0.444. The van der Waals surface area contributed by atoms with Crippen molar-refractivity contribution in [1.82, 2.24) is 9.88 Å². The molecule has 4 heterocycles. The molecule has 3 fully saturated rings. The minimum atomic E-state index is -0.258. The summed E-state index contributed by atoms with van der Waals surface area (Å²) in [6, 6.07) is 7.10. The van der Waals surface area contributed by atoms with E-state index in [2.05, 4.69) is 20.2 Å². The van der Waals surface area contributed by atoms with Gasteiger partial charge in [0.1, 0.15) is 17.7 Å². The molecule has 126 valence electrons. The summed E-state index contributed by atoms with van der Waals surface area (Å²) in [4.78, 5) is 11.0. The van der Waals surface area contributed by atoms with Gasteiger partial charge in [-0.1, -0.05) is 12.1 Å². The van der Waals surface area contributed by atoms with Crippen molar-refractivity contribution < 1.29 is 9.13 Å². The van der Waals surface area contributed by atoms with Gasteiger partial charge in [-0.3, -0.25) is 10.2 Å². The van der Waals surface area contributed by atoms with Crippen LogP contribution in [0.15, 0.2) is 35.5 Å². The van der Waals surface area contributed by atoms with Crippen LogP contribution in [-0.4, -0.2) is 48.7 Å². The van der Waals surface area contributed by atoms with Gasteiger partial charge in [-0.2, -0.15) is 0 Å². The molecule has 5 rings (SSSR count). The zero-order chi connectivity index (χ0) is 16.5. The Labute approximate surface area is 140 Å². The van der Waals surface area contributed by atoms with Crippen molar-refractivity contribution >= 4 is 22.6 Å². The van der Waals surface area contributed by atoms with Gasteiger partial charge in [0.25, 0.3) is 6.02 Å². The number of nitrogens with zero attached hydrogens (tertiary/aromatic N) is 3. The Hall–Kier alpha value is -2.21. The van der Waals surface area contributed by atoms with E-state index in [4.69, 9.17) is 4.74 Å². The fourth-order valence-corrected chi connectivity index (χ4v) is 3.64. The van der Waals surface area contributed by atoms with Crippen molar-refractivity contribution in [2.45, 2.75) is 18.9 Å². The number of hydrogen-bond donors (Lipinski definition) is 1. The van der Waals surface area contributed by atoms with Crippen LogP contribution >= 0.6 is 0 Å². The number of anilines is 1. The van der Waals surface area contributed by atoms with E-state index in [0.29, 0.717) is 23.1 Å². The maximum Gasteiger partial charge on any atom is 0.290 e. The Kier molecular flexibility index (Phi) is 4.06. The smallest absolute Gasteiger partial charge is 0.290 e. The second-order valence-electron chi connectivity index (χ2n) is 6.48. The Bertz CT molecular complexity index is 771. The predicted octanol–water partition coefficient (Wildman–Crippen LogP) is 2.88. The van der Waals surface area contributed by atoms with E-state index in [0.717, 1.165) is 11.9 Å². The van der Waals surface area contributed by atoms with Gasteiger partial charge in [-0.05, 0) is 44.0 Å². The molecule has 1 N–H and O–H groups in total.